The van der Waals surface area contributed by atoms with E-state index in [-0.39, 0.29) is 11.8 Å². The lowest BCUT2D eigenvalue weighted by Gasteiger charge is -2.19. The molecule has 2 aromatic rings. The third-order valence-corrected chi connectivity index (χ3v) is 4.62. The van der Waals surface area contributed by atoms with Crippen LogP contribution in [0.5, 0.6) is 0 Å². The van der Waals surface area contributed by atoms with Crippen LogP contribution in [0.3, 0.4) is 0 Å². The van der Waals surface area contributed by atoms with E-state index in [1.807, 2.05) is 5.38 Å². The molecule has 0 aliphatic rings. The van der Waals surface area contributed by atoms with Crippen LogP contribution in [-0.2, 0) is 14.9 Å². The molecule has 6 heteroatoms. The highest BCUT2D eigenvalue weighted by molar-refractivity contribution is 9.10. The molecule has 0 amide bonds. The number of benzene rings is 1. The third-order valence-electron chi connectivity index (χ3n) is 3.09. The summed E-state index contributed by atoms with van der Waals surface area (Å²) in [6, 6.07) is 4.45. The van der Waals surface area contributed by atoms with Crippen LogP contribution in [0.25, 0.3) is 10.6 Å². The highest BCUT2D eigenvalue weighted by Gasteiger charge is 2.34. The van der Waals surface area contributed by atoms with Crippen LogP contribution in [0.2, 0.25) is 0 Å². The summed E-state index contributed by atoms with van der Waals surface area (Å²) in [5.41, 5.74) is 0.640. The highest BCUT2D eigenvalue weighted by Crippen LogP contribution is 2.34. The smallest absolute Gasteiger partial charge is 0.317 e. The van der Waals surface area contributed by atoms with Crippen molar-refractivity contribution in [1.82, 2.24) is 4.98 Å². The Hall–Kier alpha value is -1.27. The molecule has 0 aliphatic carbocycles. The molecule has 1 aromatic heterocycles. The highest BCUT2D eigenvalue weighted by atomic mass is 79.9. The minimum atomic E-state index is -0.808. The van der Waals surface area contributed by atoms with Crippen molar-refractivity contribution in [3.8, 4) is 10.6 Å². The first kappa shape index (κ1) is 16.1. The van der Waals surface area contributed by atoms with Crippen molar-refractivity contribution in [1.29, 1.82) is 0 Å². The Morgan fingerprint density at radius 2 is 2.19 bits per heavy atom. The van der Waals surface area contributed by atoms with E-state index in [4.69, 9.17) is 4.74 Å². The van der Waals surface area contributed by atoms with Crippen LogP contribution in [0.15, 0.2) is 28.1 Å². The van der Waals surface area contributed by atoms with Crippen LogP contribution < -0.4 is 0 Å². The molecule has 2 rings (SSSR count). The fourth-order valence-corrected chi connectivity index (χ4v) is 3.46. The van der Waals surface area contributed by atoms with Crippen LogP contribution in [-0.4, -0.2) is 17.6 Å². The molecule has 0 fully saturated rings. The maximum absolute atomic E-state index is 13.1. The normalized spacial score (nSPS) is 11.5. The molecule has 0 aliphatic heterocycles. The minimum Gasteiger partial charge on any atom is -0.465 e. The van der Waals surface area contributed by atoms with Gasteiger partial charge in [-0.3, -0.25) is 4.79 Å². The molecule has 112 valence electrons. The quantitative estimate of drug-likeness (QED) is 0.739. The zero-order chi connectivity index (χ0) is 15.6. The van der Waals surface area contributed by atoms with Gasteiger partial charge in [0.15, 0.2) is 0 Å². The molecule has 0 radical (unpaired) electrons. The third kappa shape index (κ3) is 3.32. The van der Waals surface area contributed by atoms with E-state index in [1.54, 1.807) is 26.8 Å². The summed E-state index contributed by atoms with van der Waals surface area (Å²) in [7, 11) is 0. The average molecular weight is 372 g/mol. The molecule has 0 saturated heterocycles. The zero-order valence-corrected chi connectivity index (χ0v) is 14.3. The summed E-state index contributed by atoms with van der Waals surface area (Å²) >= 11 is 4.75. The predicted octanol–water partition coefficient (Wildman–Crippen LogP) is 4.55. The lowest BCUT2D eigenvalue weighted by Crippen LogP contribution is -2.31. The first-order valence-corrected chi connectivity index (χ1v) is 8.12. The number of aromatic nitrogens is 1. The molecule has 0 N–H and O–H groups in total. The van der Waals surface area contributed by atoms with Gasteiger partial charge >= 0.3 is 5.97 Å². The Labute approximate surface area is 135 Å². The molecule has 0 saturated carbocycles. The number of thiazole rings is 1. The lowest BCUT2D eigenvalue weighted by atomic mass is 9.90. The number of hydrogen-bond donors (Lipinski definition) is 0. The zero-order valence-electron chi connectivity index (χ0n) is 11.9. The van der Waals surface area contributed by atoms with Crippen molar-refractivity contribution in [2.75, 3.05) is 6.61 Å². The lowest BCUT2D eigenvalue weighted by molar-refractivity contribution is -0.148. The fourth-order valence-electron chi connectivity index (χ4n) is 1.76. The second-order valence-corrected chi connectivity index (χ2v) is 6.72. The average Bonchev–Trinajstić information content (AvgIpc) is 2.89. The van der Waals surface area contributed by atoms with Crippen LogP contribution >= 0.6 is 27.3 Å². The molecule has 3 nitrogen and oxygen atoms in total. The van der Waals surface area contributed by atoms with Gasteiger partial charge in [0.1, 0.15) is 16.2 Å². The van der Waals surface area contributed by atoms with E-state index in [2.05, 4.69) is 20.9 Å². The van der Waals surface area contributed by atoms with E-state index in [9.17, 15) is 9.18 Å². The molecule has 0 atom stereocenters. The van der Waals surface area contributed by atoms with Crippen molar-refractivity contribution in [3.63, 3.8) is 0 Å². The molecule has 1 heterocycles. The molecule has 0 bridgehead atoms. The SMILES string of the molecule is CCOC(=O)C(C)(C)c1csc(-c2ccc(F)cc2Br)n1. The maximum atomic E-state index is 13.1. The van der Waals surface area contributed by atoms with Crippen molar-refractivity contribution in [3.05, 3.63) is 39.6 Å². The van der Waals surface area contributed by atoms with Crippen LogP contribution in [0.1, 0.15) is 26.5 Å². The summed E-state index contributed by atoms with van der Waals surface area (Å²) in [6.07, 6.45) is 0. The van der Waals surface area contributed by atoms with E-state index in [0.29, 0.717) is 16.8 Å². The number of carbonyl (C=O) groups is 1. The van der Waals surface area contributed by atoms with Crippen molar-refractivity contribution in [2.45, 2.75) is 26.2 Å². The monoisotopic (exact) mass is 371 g/mol. The van der Waals surface area contributed by atoms with Gasteiger partial charge in [0.2, 0.25) is 0 Å². The van der Waals surface area contributed by atoms with Crippen molar-refractivity contribution >= 4 is 33.2 Å². The molecular weight excluding hydrogens is 357 g/mol. The van der Waals surface area contributed by atoms with Gasteiger partial charge in [0.25, 0.3) is 0 Å². The Bertz CT molecular complexity index is 669. The van der Waals surface area contributed by atoms with Gasteiger partial charge in [-0.2, -0.15) is 0 Å². The van der Waals surface area contributed by atoms with E-state index in [0.717, 1.165) is 10.6 Å². The predicted molar refractivity (Wildman–Crippen MR) is 84.9 cm³/mol. The van der Waals surface area contributed by atoms with Gasteiger partial charge in [0, 0.05) is 15.4 Å². The van der Waals surface area contributed by atoms with Crippen molar-refractivity contribution in [2.24, 2.45) is 0 Å². The topological polar surface area (TPSA) is 39.2 Å². The van der Waals surface area contributed by atoms with Gasteiger partial charge in [0.05, 0.1) is 12.3 Å². The molecule has 1 aromatic carbocycles. The van der Waals surface area contributed by atoms with Gasteiger partial charge in [-0.1, -0.05) is 0 Å². The number of esters is 1. The summed E-state index contributed by atoms with van der Waals surface area (Å²) in [6.45, 7) is 5.67. The Balaban J connectivity index is 2.35. The first-order chi connectivity index (χ1) is 9.86. The van der Waals surface area contributed by atoms with Crippen LogP contribution in [0, 0.1) is 5.82 Å². The van der Waals surface area contributed by atoms with Crippen molar-refractivity contribution < 1.29 is 13.9 Å². The number of nitrogens with zero attached hydrogens (tertiary/aromatic N) is 1. The molecule has 0 unspecified atom stereocenters. The van der Waals surface area contributed by atoms with E-state index in [1.165, 1.54) is 23.5 Å². The standard InChI is InChI=1S/C15H15BrFNO2S/c1-4-20-14(19)15(2,3)12-8-21-13(18-12)10-6-5-9(17)7-11(10)16/h5-8H,4H2,1-3H3. The molecule has 21 heavy (non-hydrogen) atoms. The second kappa shape index (κ2) is 6.23. The van der Waals surface area contributed by atoms with E-state index >= 15 is 0 Å². The fraction of sp³-hybridized carbons (Fsp3) is 0.333. The van der Waals surface area contributed by atoms with Crippen LogP contribution in [0.4, 0.5) is 4.39 Å². The molecule has 0 spiro atoms. The Kier molecular flexibility index (Phi) is 4.78. The first-order valence-electron chi connectivity index (χ1n) is 6.45. The Morgan fingerprint density at radius 3 is 2.81 bits per heavy atom. The van der Waals surface area contributed by atoms with Gasteiger partial charge < -0.3 is 4.74 Å². The second-order valence-electron chi connectivity index (χ2n) is 5.01. The largest absolute Gasteiger partial charge is 0.465 e. The minimum absolute atomic E-state index is 0.306. The number of ether oxygens (including phenoxy) is 1. The maximum Gasteiger partial charge on any atom is 0.317 e. The number of halogens is 2. The summed E-state index contributed by atoms with van der Waals surface area (Å²) in [4.78, 5) is 16.5. The van der Waals surface area contributed by atoms with Gasteiger partial charge in [-0.05, 0) is 54.9 Å². The Morgan fingerprint density at radius 1 is 1.48 bits per heavy atom. The summed E-state index contributed by atoms with van der Waals surface area (Å²) in [5, 5.41) is 2.57. The van der Waals surface area contributed by atoms with Gasteiger partial charge in [-0.25, -0.2) is 9.37 Å². The number of rotatable bonds is 4. The summed E-state index contributed by atoms with van der Waals surface area (Å²) < 4.78 is 18.9. The molecular formula is C15H15BrFNO2S. The number of hydrogen-bond acceptors (Lipinski definition) is 4. The van der Waals surface area contributed by atoms with Gasteiger partial charge in [-0.15, -0.1) is 11.3 Å². The summed E-state index contributed by atoms with van der Waals surface area (Å²) in [5.74, 6) is -0.616. The number of carbonyl (C=O) groups excluding carboxylic acids is 1. The van der Waals surface area contributed by atoms with E-state index < -0.39 is 5.41 Å².